The van der Waals surface area contributed by atoms with Crippen molar-refractivity contribution in [3.05, 3.63) is 159 Å². The van der Waals surface area contributed by atoms with E-state index in [-0.39, 0.29) is 27.0 Å². The number of phenols is 1. The summed E-state index contributed by atoms with van der Waals surface area (Å²) in [7, 11) is 0. The van der Waals surface area contributed by atoms with Crippen LogP contribution in [0.25, 0.3) is 6.08 Å². The maximum atomic E-state index is 13.7. The fraction of sp³-hybridized carbons (Fsp3) is 0.0270. The van der Waals surface area contributed by atoms with Crippen molar-refractivity contribution in [2.45, 2.75) is 10.1 Å². The second-order valence-electron chi connectivity index (χ2n) is 10.4. The summed E-state index contributed by atoms with van der Waals surface area (Å²) >= 11 is 13.9. The number of aromatic carboxylic acids is 1. The molecule has 0 heterocycles. The molecule has 0 aliphatic heterocycles. The highest BCUT2D eigenvalue weighted by Gasteiger charge is 2.24. The van der Waals surface area contributed by atoms with Gasteiger partial charge in [-0.1, -0.05) is 83.9 Å². The number of benzene rings is 5. The van der Waals surface area contributed by atoms with Crippen LogP contribution < -0.4 is 16.0 Å². The van der Waals surface area contributed by atoms with Crippen LogP contribution in [0.3, 0.4) is 0 Å². The van der Waals surface area contributed by atoms with Gasteiger partial charge in [0.15, 0.2) is 0 Å². The van der Waals surface area contributed by atoms with E-state index in [0.717, 1.165) is 0 Å². The average Bonchev–Trinajstić information content (AvgIpc) is 3.09. The van der Waals surface area contributed by atoms with E-state index in [1.54, 1.807) is 97.1 Å². The maximum absolute atomic E-state index is 13.7. The Morgan fingerprint density at radius 3 is 2.02 bits per heavy atom. The van der Waals surface area contributed by atoms with Crippen molar-refractivity contribution in [3.8, 4) is 5.75 Å². The van der Waals surface area contributed by atoms with Gasteiger partial charge in [-0.05, 0) is 72.3 Å². The molecular weight excluding hydrogens is 685 g/mol. The third-order valence-corrected chi connectivity index (χ3v) is 8.91. The molecule has 3 amide bonds. The van der Waals surface area contributed by atoms with E-state index in [4.69, 9.17) is 23.2 Å². The topological polar surface area (TPSA) is 145 Å². The van der Waals surface area contributed by atoms with Gasteiger partial charge >= 0.3 is 5.97 Å². The van der Waals surface area contributed by atoms with E-state index in [0.29, 0.717) is 27.3 Å². The minimum absolute atomic E-state index is 0.113. The van der Waals surface area contributed by atoms with Gasteiger partial charge in [0.25, 0.3) is 11.8 Å². The number of carboxylic acid groups (broad SMARTS) is 1. The molecule has 0 fully saturated rings. The van der Waals surface area contributed by atoms with Gasteiger partial charge in [0.1, 0.15) is 22.3 Å². The van der Waals surface area contributed by atoms with Crippen molar-refractivity contribution < 1.29 is 29.4 Å². The highest BCUT2D eigenvalue weighted by atomic mass is 35.5. The summed E-state index contributed by atoms with van der Waals surface area (Å²) < 4.78 is 0. The Bertz CT molecular complexity index is 2040. The largest absolute Gasteiger partial charge is 0.507 e. The number of hydrogen-bond acceptors (Lipinski definition) is 6. The van der Waals surface area contributed by atoms with Crippen molar-refractivity contribution in [3.63, 3.8) is 0 Å². The van der Waals surface area contributed by atoms with Crippen LogP contribution in [0.5, 0.6) is 5.75 Å². The fourth-order valence-electron chi connectivity index (χ4n) is 4.61. The van der Waals surface area contributed by atoms with Crippen molar-refractivity contribution in [1.29, 1.82) is 0 Å². The van der Waals surface area contributed by atoms with Crippen LogP contribution in [0, 0.1) is 0 Å². The monoisotopic (exact) mass is 711 g/mol. The minimum Gasteiger partial charge on any atom is -0.507 e. The molecule has 0 saturated heterocycles. The molecule has 0 radical (unpaired) electrons. The van der Waals surface area contributed by atoms with Gasteiger partial charge in [0.2, 0.25) is 5.91 Å². The molecule has 0 bridgehead atoms. The second kappa shape index (κ2) is 16.0. The number of carbonyl (C=O) groups excluding carboxylic acids is 3. The van der Waals surface area contributed by atoms with Gasteiger partial charge in [0.05, 0.1) is 0 Å². The first kappa shape index (κ1) is 34.8. The molecule has 12 heteroatoms. The zero-order chi connectivity index (χ0) is 34.9. The lowest BCUT2D eigenvalue weighted by atomic mass is 10.1. The highest BCUT2D eigenvalue weighted by Crippen LogP contribution is 2.37. The summed E-state index contributed by atoms with van der Waals surface area (Å²) in [5.41, 5.74) is 1.45. The summed E-state index contributed by atoms with van der Waals surface area (Å²) in [6.45, 7) is 0. The van der Waals surface area contributed by atoms with Crippen molar-refractivity contribution in [2.75, 3.05) is 10.6 Å². The van der Waals surface area contributed by atoms with Crippen LogP contribution in [0.15, 0.2) is 132 Å². The van der Waals surface area contributed by atoms with E-state index in [1.807, 2.05) is 6.07 Å². The first-order valence-corrected chi connectivity index (χ1v) is 16.2. The number of halogens is 2. The minimum atomic E-state index is -1.34. The highest BCUT2D eigenvalue weighted by molar-refractivity contribution is 8.00. The smallest absolute Gasteiger partial charge is 0.339 e. The summed E-state index contributed by atoms with van der Waals surface area (Å²) in [5, 5.41) is 27.2. The summed E-state index contributed by atoms with van der Waals surface area (Å²) in [4.78, 5) is 52.4. The number of carboxylic acids is 1. The normalized spacial score (nSPS) is 11.7. The quantitative estimate of drug-likeness (QED) is 0.0527. The number of amides is 3. The molecule has 49 heavy (non-hydrogen) atoms. The van der Waals surface area contributed by atoms with Crippen molar-refractivity contribution in [2.24, 2.45) is 0 Å². The Morgan fingerprint density at radius 1 is 0.714 bits per heavy atom. The molecule has 5 aromatic carbocycles. The zero-order valence-electron chi connectivity index (χ0n) is 25.4. The predicted molar refractivity (Wildman–Crippen MR) is 192 cm³/mol. The van der Waals surface area contributed by atoms with E-state index in [9.17, 15) is 29.4 Å². The van der Waals surface area contributed by atoms with Gasteiger partial charge < -0.3 is 26.2 Å². The predicted octanol–water partition coefficient (Wildman–Crippen LogP) is 8.28. The lowest BCUT2D eigenvalue weighted by molar-refractivity contribution is -0.116. The summed E-state index contributed by atoms with van der Waals surface area (Å²) in [6, 6.07) is 32.8. The van der Waals surface area contributed by atoms with Crippen LogP contribution in [-0.2, 0) is 9.59 Å². The number of thioether (sulfide) groups is 1. The molecule has 246 valence electrons. The first-order valence-electron chi connectivity index (χ1n) is 14.6. The number of nitrogens with one attached hydrogen (secondary N) is 3. The molecule has 0 spiro atoms. The number of anilines is 2. The Hall–Kier alpha value is -5.55. The number of rotatable bonds is 11. The van der Waals surface area contributed by atoms with Crippen molar-refractivity contribution in [1.82, 2.24) is 5.32 Å². The van der Waals surface area contributed by atoms with Crippen LogP contribution in [-0.4, -0.2) is 33.9 Å². The van der Waals surface area contributed by atoms with Gasteiger partial charge in [-0.25, -0.2) is 4.79 Å². The molecule has 5 N–H and O–H groups in total. The SMILES string of the molecule is O=C(Nc1cccc(SC(C(=O)Nc2ccc(O)c(C(=O)O)c2)c2ccccc2)c1)/C(=C\c1c(Cl)cccc1Cl)NC(=O)c1ccccc1. The van der Waals surface area contributed by atoms with E-state index >= 15 is 0 Å². The Kier molecular flexibility index (Phi) is 11.4. The third kappa shape index (κ3) is 9.08. The van der Waals surface area contributed by atoms with Crippen LogP contribution in [0.4, 0.5) is 11.4 Å². The molecule has 0 saturated carbocycles. The Balaban J connectivity index is 1.40. The molecule has 5 aromatic rings. The molecule has 9 nitrogen and oxygen atoms in total. The van der Waals surface area contributed by atoms with Crippen LogP contribution in [0.1, 0.15) is 37.1 Å². The summed E-state index contributed by atoms with van der Waals surface area (Å²) in [5.74, 6) is -3.38. The molecule has 5 rings (SSSR count). The average molecular weight is 713 g/mol. The number of hydrogen-bond donors (Lipinski definition) is 5. The van der Waals surface area contributed by atoms with E-state index in [1.165, 1.54) is 36.0 Å². The van der Waals surface area contributed by atoms with Crippen molar-refractivity contribution >= 4 is 76.1 Å². The summed E-state index contributed by atoms with van der Waals surface area (Å²) in [6.07, 6.45) is 1.40. The second-order valence-corrected chi connectivity index (χ2v) is 12.4. The number of aromatic hydroxyl groups is 1. The van der Waals surface area contributed by atoms with Gasteiger partial charge in [-0.3, -0.25) is 14.4 Å². The molecule has 0 aliphatic rings. The van der Waals surface area contributed by atoms with Crippen LogP contribution >= 0.6 is 35.0 Å². The standard InChI is InChI=1S/C37H27Cl2N3O6S/c38-29-15-8-16-30(39)27(29)21-31(42-34(44)23-11-5-2-6-12-23)35(45)40-24-13-7-14-26(19-24)49-33(22-9-3-1-4-10-22)36(46)41-25-17-18-32(43)28(20-25)37(47)48/h1-21,33,43H,(H,40,45)(H,41,46)(H,42,44)(H,47,48)/b31-21+. The maximum Gasteiger partial charge on any atom is 0.339 e. The first-order chi connectivity index (χ1) is 23.6. The Labute approximate surface area is 295 Å². The molecule has 1 unspecified atom stereocenters. The van der Waals surface area contributed by atoms with Gasteiger partial charge in [-0.15, -0.1) is 11.8 Å². The zero-order valence-corrected chi connectivity index (χ0v) is 27.7. The van der Waals surface area contributed by atoms with Gasteiger partial charge in [-0.2, -0.15) is 0 Å². The van der Waals surface area contributed by atoms with E-state index in [2.05, 4.69) is 16.0 Å². The lowest BCUT2D eigenvalue weighted by Crippen LogP contribution is -2.30. The van der Waals surface area contributed by atoms with Crippen LogP contribution in [0.2, 0.25) is 10.0 Å². The number of carbonyl (C=O) groups is 4. The molecule has 1 atom stereocenters. The lowest BCUT2D eigenvalue weighted by Gasteiger charge is -2.18. The van der Waals surface area contributed by atoms with Gasteiger partial charge in [0, 0.05) is 37.4 Å². The molecule has 0 aromatic heterocycles. The molecular formula is C37H27Cl2N3O6S. The fourth-order valence-corrected chi connectivity index (χ4v) is 6.20. The molecule has 0 aliphatic carbocycles. The third-order valence-electron chi connectivity index (χ3n) is 7.00. The van der Waals surface area contributed by atoms with E-state index < -0.39 is 34.7 Å². The Morgan fingerprint density at radius 2 is 1.35 bits per heavy atom.